The summed E-state index contributed by atoms with van der Waals surface area (Å²) in [4.78, 5) is 32.6. The highest BCUT2D eigenvalue weighted by atomic mass is 35.5. The molecular weight excluding hydrogens is 353 g/mol. The molecule has 0 saturated carbocycles. The molecule has 1 aliphatic heterocycles. The average molecular weight is 367 g/mol. The topological polar surface area (TPSA) is 72.4 Å². The number of halogens is 3. The van der Waals surface area contributed by atoms with Crippen LogP contribution in [0.15, 0.2) is 0 Å². The van der Waals surface area contributed by atoms with Gasteiger partial charge in [0.1, 0.15) is 27.3 Å². The van der Waals surface area contributed by atoms with E-state index >= 15 is 0 Å². The first-order valence-electron chi connectivity index (χ1n) is 6.49. The van der Waals surface area contributed by atoms with Crippen LogP contribution in [0.5, 0.6) is 0 Å². The highest BCUT2D eigenvalue weighted by Gasteiger charge is 2.37. The van der Waals surface area contributed by atoms with Gasteiger partial charge in [-0.2, -0.15) is 0 Å². The molecule has 22 heavy (non-hydrogen) atoms. The normalized spacial score (nSPS) is 15.5. The molecule has 0 bridgehead atoms. The first-order valence-corrected chi connectivity index (χ1v) is 7.62. The summed E-state index contributed by atoms with van der Waals surface area (Å²) in [5, 5.41) is -0.998. The third-order valence-corrected chi connectivity index (χ3v) is 3.67. The largest absolute Gasteiger partial charge is 0.444 e. The van der Waals surface area contributed by atoms with Crippen molar-refractivity contribution in [1.29, 1.82) is 0 Å². The molecule has 2 rings (SSSR count). The van der Waals surface area contributed by atoms with E-state index in [4.69, 9.17) is 39.5 Å². The Kier molecular flexibility index (Phi) is 4.84. The fraction of sp³-hybridized carbons (Fsp3) is 0.538. The first kappa shape index (κ1) is 17.2. The molecule has 1 aromatic rings. The second-order valence-electron chi connectivity index (χ2n) is 5.89. The molecule has 120 valence electrons. The maximum atomic E-state index is 11.8. The SMILES string of the molecule is CC(C)(C)OC(=O)N1CC(c2nc(Cl)c(C(=O)Cl)c(Cl)n2)C1. The standard InChI is InChI=1S/C13H14Cl3N3O3/c1-13(2,3)22-12(21)19-4-6(5-19)11-17-8(14)7(10(16)20)9(15)18-11/h6H,4-5H2,1-3H3. The number of aromatic nitrogens is 2. The Morgan fingerprint density at radius 1 is 1.18 bits per heavy atom. The Morgan fingerprint density at radius 3 is 2.09 bits per heavy atom. The maximum absolute atomic E-state index is 11.8. The zero-order valence-corrected chi connectivity index (χ0v) is 14.5. The summed E-state index contributed by atoms with van der Waals surface area (Å²) in [6.07, 6.45) is -0.395. The zero-order valence-electron chi connectivity index (χ0n) is 12.2. The van der Waals surface area contributed by atoms with Crippen LogP contribution in [0.25, 0.3) is 0 Å². The van der Waals surface area contributed by atoms with Crippen molar-refractivity contribution in [3.05, 3.63) is 21.7 Å². The highest BCUT2D eigenvalue weighted by molar-refractivity contribution is 6.69. The Balaban J connectivity index is 2.05. The molecule has 0 spiro atoms. The zero-order chi connectivity index (χ0) is 16.7. The molecule has 1 aliphatic rings. The van der Waals surface area contributed by atoms with Crippen LogP contribution in [0, 0.1) is 0 Å². The lowest BCUT2D eigenvalue weighted by Crippen LogP contribution is -2.50. The van der Waals surface area contributed by atoms with Crippen LogP contribution >= 0.6 is 34.8 Å². The van der Waals surface area contributed by atoms with Crippen LogP contribution in [-0.2, 0) is 4.74 Å². The molecular formula is C13H14Cl3N3O3. The third kappa shape index (κ3) is 3.80. The van der Waals surface area contributed by atoms with Crippen molar-refractivity contribution in [3.63, 3.8) is 0 Å². The van der Waals surface area contributed by atoms with E-state index in [9.17, 15) is 9.59 Å². The summed E-state index contributed by atoms with van der Waals surface area (Å²) in [7, 11) is 0. The first-order chi connectivity index (χ1) is 10.1. The Morgan fingerprint density at radius 2 is 1.68 bits per heavy atom. The van der Waals surface area contributed by atoms with Crippen LogP contribution in [0.1, 0.15) is 42.9 Å². The molecule has 0 aliphatic carbocycles. The van der Waals surface area contributed by atoms with E-state index < -0.39 is 16.9 Å². The van der Waals surface area contributed by atoms with Crippen molar-refractivity contribution < 1.29 is 14.3 Å². The van der Waals surface area contributed by atoms with Crippen LogP contribution in [0.2, 0.25) is 10.3 Å². The Labute approximate surface area is 142 Å². The molecule has 2 heterocycles. The van der Waals surface area contributed by atoms with Gasteiger partial charge >= 0.3 is 6.09 Å². The van der Waals surface area contributed by atoms with Gasteiger partial charge in [-0.3, -0.25) is 4.79 Å². The predicted molar refractivity (Wildman–Crippen MR) is 82.8 cm³/mol. The Hall–Kier alpha value is -1.11. The minimum Gasteiger partial charge on any atom is -0.444 e. The number of likely N-dealkylation sites (tertiary alicyclic amines) is 1. The van der Waals surface area contributed by atoms with Gasteiger partial charge in [-0.25, -0.2) is 14.8 Å². The molecule has 1 fully saturated rings. The number of amides is 1. The average Bonchev–Trinajstić information content (AvgIpc) is 2.21. The summed E-state index contributed by atoms with van der Waals surface area (Å²) >= 11 is 17.2. The molecule has 1 amide bonds. The summed E-state index contributed by atoms with van der Waals surface area (Å²) in [6, 6.07) is 0. The second kappa shape index (κ2) is 6.18. The molecule has 0 radical (unpaired) electrons. The van der Waals surface area contributed by atoms with Gasteiger partial charge in [0.15, 0.2) is 0 Å². The van der Waals surface area contributed by atoms with Crippen molar-refractivity contribution in [3.8, 4) is 0 Å². The van der Waals surface area contributed by atoms with Gasteiger partial charge in [-0.05, 0) is 32.4 Å². The monoisotopic (exact) mass is 365 g/mol. The molecule has 0 N–H and O–H groups in total. The van der Waals surface area contributed by atoms with E-state index in [1.165, 1.54) is 4.90 Å². The van der Waals surface area contributed by atoms with Gasteiger partial charge in [-0.15, -0.1) is 0 Å². The molecule has 1 saturated heterocycles. The van der Waals surface area contributed by atoms with Gasteiger partial charge < -0.3 is 9.64 Å². The van der Waals surface area contributed by atoms with Gasteiger partial charge in [-0.1, -0.05) is 23.2 Å². The summed E-state index contributed by atoms with van der Waals surface area (Å²) in [5.41, 5.74) is -0.662. The minimum absolute atomic E-state index is 0.0919. The summed E-state index contributed by atoms with van der Waals surface area (Å²) in [5.74, 6) is 0.262. The van der Waals surface area contributed by atoms with E-state index in [0.717, 1.165) is 0 Å². The second-order valence-corrected chi connectivity index (χ2v) is 6.95. The van der Waals surface area contributed by atoms with E-state index in [-0.39, 0.29) is 21.8 Å². The van der Waals surface area contributed by atoms with Crippen molar-refractivity contribution in [2.75, 3.05) is 13.1 Å². The number of nitrogens with zero attached hydrogens (tertiary/aromatic N) is 3. The molecule has 0 aromatic carbocycles. The van der Waals surface area contributed by atoms with E-state index in [1.807, 2.05) is 0 Å². The molecule has 9 heteroatoms. The highest BCUT2D eigenvalue weighted by Crippen LogP contribution is 2.30. The Bertz CT molecular complexity index is 602. The van der Waals surface area contributed by atoms with E-state index in [1.54, 1.807) is 20.8 Å². The van der Waals surface area contributed by atoms with Crippen molar-refractivity contribution in [2.24, 2.45) is 0 Å². The van der Waals surface area contributed by atoms with Gasteiger partial charge in [0, 0.05) is 13.1 Å². The van der Waals surface area contributed by atoms with Crippen LogP contribution in [-0.4, -0.2) is 44.9 Å². The molecule has 0 unspecified atom stereocenters. The van der Waals surface area contributed by atoms with Crippen molar-refractivity contribution >= 4 is 46.1 Å². The fourth-order valence-electron chi connectivity index (χ4n) is 1.89. The minimum atomic E-state index is -0.814. The lowest BCUT2D eigenvalue weighted by molar-refractivity contribution is 0.00752. The van der Waals surface area contributed by atoms with Crippen molar-refractivity contribution in [1.82, 2.24) is 14.9 Å². The fourth-order valence-corrected chi connectivity index (χ4v) is 2.73. The smallest absolute Gasteiger partial charge is 0.410 e. The van der Waals surface area contributed by atoms with Gasteiger partial charge in [0.2, 0.25) is 0 Å². The van der Waals surface area contributed by atoms with Crippen LogP contribution in [0.4, 0.5) is 4.79 Å². The maximum Gasteiger partial charge on any atom is 0.410 e. The number of rotatable bonds is 2. The lowest BCUT2D eigenvalue weighted by Gasteiger charge is -2.38. The molecule has 1 aromatic heterocycles. The molecule has 0 atom stereocenters. The number of hydrogen-bond donors (Lipinski definition) is 0. The van der Waals surface area contributed by atoms with E-state index in [0.29, 0.717) is 18.9 Å². The van der Waals surface area contributed by atoms with Gasteiger partial charge in [0.05, 0.1) is 5.92 Å². The predicted octanol–water partition coefficient (Wildman–Crippen LogP) is 3.50. The number of hydrogen-bond acceptors (Lipinski definition) is 5. The number of carbonyl (C=O) groups is 2. The van der Waals surface area contributed by atoms with Crippen molar-refractivity contribution in [2.45, 2.75) is 32.3 Å². The molecule has 6 nitrogen and oxygen atoms in total. The quantitative estimate of drug-likeness (QED) is 0.592. The lowest BCUT2D eigenvalue weighted by atomic mass is 10.00. The van der Waals surface area contributed by atoms with E-state index in [2.05, 4.69) is 9.97 Å². The summed E-state index contributed by atoms with van der Waals surface area (Å²) in [6.45, 7) is 6.19. The number of ether oxygens (including phenoxy) is 1. The summed E-state index contributed by atoms with van der Waals surface area (Å²) < 4.78 is 5.26. The van der Waals surface area contributed by atoms with Crippen LogP contribution < -0.4 is 0 Å². The van der Waals surface area contributed by atoms with Crippen LogP contribution in [0.3, 0.4) is 0 Å². The van der Waals surface area contributed by atoms with Gasteiger partial charge in [0.25, 0.3) is 5.24 Å². The number of carbonyl (C=O) groups excluding carboxylic acids is 2. The third-order valence-electron chi connectivity index (χ3n) is 2.93.